The SMILES string of the molecule is COc1ccc(C=Cc2nc(N3CCOCC3)cc(N3CCOCC3)n2)cc1. The zero-order chi connectivity index (χ0) is 19.2. The lowest BCUT2D eigenvalue weighted by Gasteiger charge is -2.31. The lowest BCUT2D eigenvalue weighted by atomic mass is 10.2. The molecule has 1 aromatic carbocycles. The zero-order valence-corrected chi connectivity index (χ0v) is 16.2. The van der Waals surface area contributed by atoms with Gasteiger partial charge in [0.15, 0.2) is 5.82 Å². The monoisotopic (exact) mass is 382 g/mol. The maximum atomic E-state index is 5.49. The lowest BCUT2D eigenvalue weighted by molar-refractivity contribution is 0.122. The topological polar surface area (TPSA) is 60.0 Å². The first-order chi connectivity index (χ1) is 13.8. The van der Waals surface area contributed by atoms with Gasteiger partial charge in [0.1, 0.15) is 17.4 Å². The molecule has 2 aliphatic rings. The molecule has 0 bridgehead atoms. The molecular formula is C21H26N4O3. The number of benzene rings is 1. The highest BCUT2D eigenvalue weighted by atomic mass is 16.5. The summed E-state index contributed by atoms with van der Waals surface area (Å²) < 4.78 is 16.2. The number of anilines is 2. The quantitative estimate of drug-likeness (QED) is 0.787. The summed E-state index contributed by atoms with van der Waals surface area (Å²) in [4.78, 5) is 14.1. The van der Waals surface area contributed by atoms with Crippen LogP contribution in [0, 0.1) is 0 Å². The van der Waals surface area contributed by atoms with Gasteiger partial charge < -0.3 is 24.0 Å². The summed E-state index contributed by atoms with van der Waals surface area (Å²) in [6, 6.07) is 10.0. The van der Waals surface area contributed by atoms with Crippen molar-refractivity contribution in [1.82, 2.24) is 9.97 Å². The standard InChI is InChI=1S/C21H26N4O3/c1-26-18-5-2-17(3-6-18)4-7-19-22-20(24-8-12-27-13-9-24)16-21(23-19)25-10-14-28-15-11-25/h2-7,16H,8-15H2,1H3. The summed E-state index contributed by atoms with van der Waals surface area (Å²) >= 11 is 0. The first kappa shape index (κ1) is 18.7. The summed E-state index contributed by atoms with van der Waals surface area (Å²) in [6.45, 7) is 6.31. The lowest BCUT2D eigenvalue weighted by Crippen LogP contribution is -2.39. The third-order valence-corrected chi connectivity index (χ3v) is 4.93. The largest absolute Gasteiger partial charge is 0.497 e. The fourth-order valence-electron chi connectivity index (χ4n) is 3.31. The number of aromatic nitrogens is 2. The minimum atomic E-state index is 0.710. The molecule has 7 heteroatoms. The van der Waals surface area contributed by atoms with Gasteiger partial charge >= 0.3 is 0 Å². The van der Waals surface area contributed by atoms with Gasteiger partial charge in [-0.25, -0.2) is 9.97 Å². The molecule has 0 radical (unpaired) electrons. The van der Waals surface area contributed by atoms with Crippen molar-refractivity contribution in [3.63, 3.8) is 0 Å². The van der Waals surface area contributed by atoms with E-state index in [0.717, 1.165) is 75.6 Å². The smallest absolute Gasteiger partial charge is 0.156 e. The summed E-state index contributed by atoms with van der Waals surface area (Å²) in [5.74, 6) is 3.46. The average Bonchev–Trinajstić information content (AvgIpc) is 2.79. The van der Waals surface area contributed by atoms with Crippen LogP contribution in [0.4, 0.5) is 11.6 Å². The van der Waals surface area contributed by atoms with Crippen molar-refractivity contribution in [1.29, 1.82) is 0 Å². The summed E-state index contributed by atoms with van der Waals surface area (Å²) in [5, 5.41) is 0. The molecule has 0 aliphatic carbocycles. The molecule has 1 aromatic heterocycles. The number of methoxy groups -OCH3 is 1. The maximum absolute atomic E-state index is 5.49. The van der Waals surface area contributed by atoms with E-state index < -0.39 is 0 Å². The van der Waals surface area contributed by atoms with Gasteiger partial charge in [0, 0.05) is 32.2 Å². The Kier molecular flexibility index (Phi) is 6.04. The molecule has 2 saturated heterocycles. The Labute approximate surface area is 165 Å². The van der Waals surface area contributed by atoms with Crippen LogP contribution < -0.4 is 14.5 Å². The van der Waals surface area contributed by atoms with Crippen molar-refractivity contribution < 1.29 is 14.2 Å². The van der Waals surface area contributed by atoms with Crippen LogP contribution in [-0.2, 0) is 9.47 Å². The molecule has 2 aromatic rings. The van der Waals surface area contributed by atoms with Crippen LogP contribution in [0.25, 0.3) is 12.2 Å². The summed E-state index contributed by atoms with van der Waals surface area (Å²) in [5.41, 5.74) is 1.08. The van der Waals surface area contributed by atoms with Gasteiger partial charge in [-0.3, -0.25) is 0 Å². The molecule has 0 spiro atoms. The van der Waals surface area contributed by atoms with E-state index in [0.29, 0.717) is 5.82 Å². The van der Waals surface area contributed by atoms with E-state index in [2.05, 4.69) is 15.9 Å². The highest BCUT2D eigenvalue weighted by Crippen LogP contribution is 2.22. The van der Waals surface area contributed by atoms with Gasteiger partial charge in [-0.1, -0.05) is 18.2 Å². The van der Waals surface area contributed by atoms with Gasteiger partial charge in [-0.15, -0.1) is 0 Å². The van der Waals surface area contributed by atoms with Gasteiger partial charge in [-0.2, -0.15) is 0 Å². The Hall–Kier alpha value is -2.64. The second-order valence-corrected chi connectivity index (χ2v) is 6.75. The maximum Gasteiger partial charge on any atom is 0.156 e. The number of hydrogen-bond donors (Lipinski definition) is 0. The van der Waals surface area contributed by atoms with E-state index in [1.807, 2.05) is 36.4 Å². The first-order valence-electron chi connectivity index (χ1n) is 9.68. The number of rotatable bonds is 5. The normalized spacial score (nSPS) is 17.9. The minimum absolute atomic E-state index is 0.710. The molecule has 0 saturated carbocycles. The number of nitrogens with zero attached hydrogens (tertiary/aromatic N) is 4. The van der Waals surface area contributed by atoms with Gasteiger partial charge in [-0.05, 0) is 23.8 Å². The van der Waals surface area contributed by atoms with E-state index in [1.165, 1.54) is 0 Å². The Morgan fingerprint density at radius 2 is 1.36 bits per heavy atom. The van der Waals surface area contributed by atoms with E-state index in [-0.39, 0.29) is 0 Å². The Morgan fingerprint density at radius 3 is 1.86 bits per heavy atom. The molecule has 0 atom stereocenters. The van der Waals surface area contributed by atoms with Crippen LogP contribution in [0.2, 0.25) is 0 Å². The van der Waals surface area contributed by atoms with Crippen molar-refractivity contribution in [2.24, 2.45) is 0 Å². The predicted molar refractivity (Wildman–Crippen MR) is 110 cm³/mol. The molecule has 28 heavy (non-hydrogen) atoms. The highest BCUT2D eigenvalue weighted by Gasteiger charge is 2.18. The molecule has 0 unspecified atom stereocenters. The van der Waals surface area contributed by atoms with Gasteiger partial charge in [0.05, 0.1) is 33.5 Å². The minimum Gasteiger partial charge on any atom is -0.497 e. The molecule has 2 aliphatic heterocycles. The van der Waals surface area contributed by atoms with Crippen LogP contribution in [-0.4, -0.2) is 69.7 Å². The van der Waals surface area contributed by atoms with Crippen molar-refractivity contribution in [2.45, 2.75) is 0 Å². The molecule has 0 amide bonds. The summed E-state index contributed by atoms with van der Waals surface area (Å²) in [7, 11) is 1.67. The third kappa shape index (κ3) is 4.61. The van der Waals surface area contributed by atoms with Gasteiger partial charge in [0.2, 0.25) is 0 Å². The summed E-state index contributed by atoms with van der Waals surface area (Å²) in [6.07, 6.45) is 4.00. The second kappa shape index (κ2) is 9.03. The molecule has 4 rings (SSSR count). The fraction of sp³-hybridized carbons (Fsp3) is 0.429. The highest BCUT2D eigenvalue weighted by molar-refractivity contribution is 5.68. The zero-order valence-electron chi connectivity index (χ0n) is 16.2. The van der Waals surface area contributed by atoms with E-state index in [1.54, 1.807) is 7.11 Å². The van der Waals surface area contributed by atoms with Crippen molar-refractivity contribution in [2.75, 3.05) is 69.5 Å². The molecule has 7 nitrogen and oxygen atoms in total. The van der Waals surface area contributed by atoms with Gasteiger partial charge in [0.25, 0.3) is 0 Å². The molecule has 2 fully saturated rings. The number of ether oxygens (including phenoxy) is 3. The van der Waals surface area contributed by atoms with Crippen LogP contribution >= 0.6 is 0 Å². The number of hydrogen-bond acceptors (Lipinski definition) is 7. The molecule has 0 N–H and O–H groups in total. The van der Waals surface area contributed by atoms with Crippen molar-refractivity contribution in [3.05, 3.63) is 41.7 Å². The average molecular weight is 382 g/mol. The fourth-order valence-corrected chi connectivity index (χ4v) is 3.31. The van der Waals surface area contributed by atoms with E-state index >= 15 is 0 Å². The van der Waals surface area contributed by atoms with E-state index in [9.17, 15) is 0 Å². The number of morpholine rings is 2. The Morgan fingerprint density at radius 1 is 0.821 bits per heavy atom. The van der Waals surface area contributed by atoms with Crippen LogP contribution in [0.15, 0.2) is 30.3 Å². The van der Waals surface area contributed by atoms with Crippen molar-refractivity contribution in [3.8, 4) is 5.75 Å². The second-order valence-electron chi connectivity index (χ2n) is 6.75. The van der Waals surface area contributed by atoms with E-state index in [4.69, 9.17) is 24.2 Å². The predicted octanol–water partition coefficient (Wildman–Crippen LogP) is 2.33. The molecule has 148 valence electrons. The Balaban J connectivity index is 1.61. The molecule has 3 heterocycles. The third-order valence-electron chi connectivity index (χ3n) is 4.93. The Bertz CT molecular complexity index is 762. The van der Waals surface area contributed by atoms with Crippen LogP contribution in [0.1, 0.15) is 11.4 Å². The first-order valence-corrected chi connectivity index (χ1v) is 9.68. The van der Waals surface area contributed by atoms with Crippen LogP contribution in [0.5, 0.6) is 5.75 Å². The van der Waals surface area contributed by atoms with Crippen molar-refractivity contribution >= 4 is 23.8 Å². The van der Waals surface area contributed by atoms with Crippen LogP contribution in [0.3, 0.4) is 0 Å². The molecular weight excluding hydrogens is 356 g/mol.